The molecule has 0 heterocycles. The van der Waals surface area contributed by atoms with Crippen molar-refractivity contribution >= 4 is 5.91 Å². The highest BCUT2D eigenvalue weighted by Gasteiger charge is 2.08. The molecule has 0 saturated heterocycles. The summed E-state index contributed by atoms with van der Waals surface area (Å²) in [6, 6.07) is 14.8. The highest BCUT2D eigenvalue weighted by Crippen LogP contribution is 2.17. The smallest absolute Gasteiger partial charge is 0.251 e. The molecule has 0 fully saturated rings. The number of ether oxygens (including phenoxy) is 2. The second kappa shape index (κ2) is 7.33. The van der Waals surface area contributed by atoms with E-state index in [1.807, 2.05) is 43.3 Å². The SMILES string of the molecule is CCOc1cccc(C(=O)NCc2ccccc2OC)c1. The van der Waals surface area contributed by atoms with Crippen LogP contribution in [0.25, 0.3) is 0 Å². The Morgan fingerprint density at radius 1 is 1.14 bits per heavy atom. The molecule has 0 bridgehead atoms. The van der Waals surface area contributed by atoms with E-state index in [9.17, 15) is 4.79 Å². The largest absolute Gasteiger partial charge is 0.496 e. The molecule has 2 aromatic carbocycles. The van der Waals surface area contributed by atoms with Crippen LogP contribution in [0.4, 0.5) is 0 Å². The lowest BCUT2D eigenvalue weighted by atomic mass is 10.1. The molecular formula is C17H19NO3. The Bertz CT molecular complexity index is 610. The molecular weight excluding hydrogens is 266 g/mol. The molecule has 0 aliphatic rings. The van der Waals surface area contributed by atoms with E-state index in [-0.39, 0.29) is 5.91 Å². The van der Waals surface area contributed by atoms with Gasteiger partial charge in [0.2, 0.25) is 0 Å². The maximum absolute atomic E-state index is 12.2. The van der Waals surface area contributed by atoms with Crippen LogP contribution in [0.5, 0.6) is 11.5 Å². The Balaban J connectivity index is 2.03. The first-order valence-electron chi connectivity index (χ1n) is 6.87. The molecule has 4 nitrogen and oxygen atoms in total. The Hall–Kier alpha value is -2.49. The molecule has 0 atom stereocenters. The molecule has 0 aliphatic carbocycles. The van der Waals surface area contributed by atoms with E-state index in [0.717, 1.165) is 11.3 Å². The highest BCUT2D eigenvalue weighted by atomic mass is 16.5. The number of amides is 1. The molecule has 2 rings (SSSR count). The zero-order valence-corrected chi connectivity index (χ0v) is 12.3. The fourth-order valence-electron chi connectivity index (χ4n) is 2.02. The fourth-order valence-corrected chi connectivity index (χ4v) is 2.02. The van der Waals surface area contributed by atoms with E-state index in [2.05, 4.69) is 5.32 Å². The minimum Gasteiger partial charge on any atom is -0.496 e. The standard InChI is InChI=1S/C17H19NO3/c1-3-21-15-9-6-8-13(11-15)17(19)18-12-14-7-4-5-10-16(14)20-2/h4-11H,3,12H2,1-2H3,(H,18,19). The number of rotatable bonds is 6. The first-order valence-corrected chi connectivity index (χ1v) is 6.87. The summed E-state index contributed by atoms with van der Waals surface area (Å²) in [6.45, 7) is 2.91. The summed E-state index contributed by atoms with van der Waals surface area (Å²) >= 11 is 0. The Kier molecular flexibility index (Phi) is 5.21. The van der Waals surface area contributed by atoms with Crippen molar-refractivity contribution in [2.75, 3.05) is 13.7 Å². The van der Waals surface area contributed by atoms with Crippen molar-refractivity contribution in [2.24, 2.45) is 0 Å². The summed E-state index contributed by atoms with van der Waals surface area (Å²) < 4.78 is 10.7. The molecule has 2 aromatic rings. The summed E-state index contributed by atoms with van der Waals surface area (Å²) in [5, 5.41) is 2.88. The monoisotopic (exact) mass is 285 g/mol. The van der Waals surface area contributed by atoms with Crippen LogP contribution in [0, 0.1) is 0 Å². The van der Waals surface area contributed by atoms with Crippen LogP contribution in [-0.2, 0) is 6.54 Å². The third-order valence-electron chi connectivity index (χ3n) is 3.04. The summed E-state index contributed by atoms with van der Waals surface area (Å²) in [5.74, 6) is 1.32. The summed E-state index contributed by atoms with van der Waals surface area (Å²) in [5.41, 5.74) is 1.52. The number of nitrogens with one attached hydrogen (secondary N) is 1. The van der Waals surface area contributed by atoms with Crippen molar-refractivity contribution in [2.45, 2.75) is 13.5 Å². The third-order valence-corrected chi connectivity index (χ3v) is 3.04. The van der Waals surface area contributed by atoms with Gasteiger partial charge < -0.3 is 14.8 Å². The number of hydrogen-bond acceptors (Lipinski definition) is 3. The zero-order chi connectivity index (χ0) is 15.1. The van der Waals surface area contributed by atoms with Crippen LogP contribution in [-0.4, -0.2) is 19.6 Å². The molecule has 1 amide bonds. The molecule has 110 valence electrons. The average molecular weight is 285 g/mol. The van der Waals surface area contributed by atoms with Gasteiger partial charge >= 0.3 is 0 Å². The molecule has 4 heteroatoms. The maximum atomic E-state index is 12.2. The van der Waals surface area contributed by atoms with Gasteiger partial charge in [0.15, 0.2) is 0 Å². The molecule has 0 aromatic heterocycles. The van der Waals surface area contributed by atoms with Gasteiger partial charge in [-0.25, -0.2) is 0 Å². The van der Waals surface area contributed by atoms with E-state index in [1.54, 1.807) is 19.2 Å². The lowest BCUT2D eigenvalue weighted by Gasteiger charge is -2.10. The van der Waals surface area contributed by atoms with E-state index < -0.39 is 0 Å². The number of hydrogen-bond donors (Lipinski definition) is 1. The summed E-state index contributed by atoms with van der Waals surface area (Å²) in [7, 11) is 1.62. The number of methoxy groups -OCH3 is 1. The lowest BCUT2D eigenvalue weighted by Crippen LogP contribution is -2.23. The second-order valence-corrected chi connectivity index (χ2v) is 4.46. The predicted molar refractivity (Wildman–Crippen MR) is 81.8 cm³/mol. The maximum Gasteiger partial charge on any atom is 0.251 e. The lowest BCUT2D eigenvalue weighted by molar-refractivity contribution is 0.0950. The van der Waals surface area contributed by atoms with Gasteiger partial charge in [0.05, 0.1) is 13.7 Å². The van der Waals surface area contributed by atoms with Gasteiger partial charge in [-0.05, 0) is 31.2 Å². The van der Waals surface area contributed by atoms with Gasteiger partial charge in [0.1, 0.15) is 11.5 Å². The molecule has 0 aliphatic heterocycles. The van der Waals surface area contributed by atoms with E-state index in [1.165, 1.54) is 0 Å². The van der Waals surface area contributed by atoms with Gasteiger partial charge in [-0.3, -0.25) is 4.79 Å². The molecule has 0 unspecified atom stereocenters. The topological polar surface area (TPSA) is 47.6 Å². The van der Waals surface area contributed by atoms with Crippen molar-refractivity contribution in [1.82, 2.24) is 5.32 Å². The zero-order valence-electron chi connectivity index (χ0n) is 12.3. The Labute approximate surface area is 124 Å². The van der Waals surface area contributed by atoms with Gasteiger partial charge in [0, 0.05) is 17.7 Å². The van der Waals surface area contributed by atoms with Crippen molar-refractivity contribution < 1.29 is 14.3 Å². The number of benzene rings is 2. The summed E-state index contributed by atoms with van der Waals surface area (Å²) in [6.07, 6.45) is 0. The van der Waals surface area contributed by atoms with Crippen molar-refractivity contribution in [3.8, 4) is 11.5 Å². The Morgan fingerprint density at radius 3 is 2.71 bits per heavy atom. The molecule has 1 N–H and O–H groups in total. The Morgan fingerprint density at radius 2 is 1.95 bits per heavy atom. The van der Waals surface area contributed by atoms with Crippen LogP contribution < -0.4 is 14.8 Å². The summed E-state index contributed by atoms with van der Waals surface area (Å²) in [4.78, 5) is 12.2. The van der Waals surface area contributed by atoms with Crippen LogP contribution in [0.3, 0.4) is 0 Å². The quantitative estimate of drug-likeness (QED) is 0.887. The average Bonchev–Trinajstić information content (AvgIpc) is 2.53. The van der Waals surface area contributed by atoms with Crippen LogP contribution in [0.1, 0.15) is 22.8 Å². The highest BCUT2D eigenvalue weighted by molar-refractivity contribution is 5.94. The fraction of sp³-hybridized carbons (Fsp3) is 0.235. The molecule has 0 spiro atoms. The molecule has 0 radical (unpaired) electrons. The van der Waals surface area contributed by atoms with E-state index in [4.69, 9.17) is 9.47 Å². The van der Waals surface area contributed by atoms with Gasteiger partial charge in [-0.15, -0.1) is 0 Å². The third kappa shape index (κ3) is 3.99. The number of carbonyl (C=O) groups is 1. The van der Waals surface area contributed by atoms with Gasteiger partial charge in [-0.1, -0.05) is 24.3 Å². The van der Waals surface area contributed by atoms with Crippen LogP contribution >= 0.6 is 0 Å². The molecule has 0 saturated carbocycles. The van der Waals surface area contributed by atoms with Gasteiger partial charge in [-0.2, -0.15) is 0 Å². The van der Waals surface area contributed by atoms with Crippen molar-refractivity contribution in [3.05, 3.63) is 59.7 Å². The van der Waals surface area contributed by atoms with Crippen LogP contribution in [0.2, 0.25) is 0 Å². The van der Waals surface area contributed by atoms with Crippen molar-refractivity contribution in [1.29, 1.82) is 0 Å². The van der Waals surface area contributed by atoms with Crippen LogP contribution in [0.15, 0.2) is 48.5 Å². The molecule has 21 heavy (non-hydrogen) atoms. The normalized spacial score (nSPS) is 10.0. The second-order valence-electron chi connectivity index (χ2n) is 4.46. The first-order chi connectivity index (χ1) is 10.2. The minimum atomic E-state index is -0.137. The minimum absolute atomic E-state index is 0.137. The van der Waals surface area contributed by atoms with E-state index >= 15 is 0 Å². The number of carbonyl (C=O) groups excluding carboxylic acids is 1. The van der Waals surface area contributed by atoms with E-state index in [0.29, 0.717) is 24.5 Å². The number of para-hydroxylation sites is 1. The van der Waals surface area contributed by atoms with Gasteiger partial charge in [0.25, 0.3) is 5.91 Å². The van der Waals surface area contributed by atoms with Crippen molar-refractivity contribution in [3.63, 3.8) is 0 Å². The predicted octanol–water partition coefficient (Wildman–Crippen LogP) is 3.02. The first kappa shape index (κ1) is 14.9.